The highest BCUT2D eigenvalue weighted by Gasteiger charge is 2.31. The minimum Gasteiger partial charge on any atom is -0.335 e. The smallest absolute Gasteiger partial charge is 0.223 e. The summed E-state index contributed by atoms with van der Waals surface area (Å²) in [7, 11) is 1.93. The average Bonchev–Trinajstić information content (AvgIpc) is 3.20. The molecule has 1 amide bonds. The van der Waals surface area contributed by atoms with Gasteiger partial charge in [0.1, 0.15) is 0 Å². The first-order chi connectivity index (χ1) is 9.20. The largest absolute Gasteiger partial charge is 0.335 e. The molecule has 3 heteroatoms. The van der Waals surface area contributed by atoms with Crippen LogP contribution in [0.1, 0.15) is 36.8 Å². The Kier molecular flexibility index (Phi) is 4.97. The van der Waals surface area contributed by atoms with Gasteiger partial charge in [0.15, 0.2) is 0 Å². The maximum absolute atomic E-state index is 12.3. The summed E-state index contributed by atoms with van der Waals surface area (Å²) in [5, 5.41) is 3.09. The van der Waals surface area contributed by atoms with Crippen LogP contribution < -0.4 is 5.32 Å². The van der Waals surface area contributed by atoms with E-state index in [1.54, 1.807) is 0 Å². The number of carbonyl (C=O) groups excluding carboxylic acids is 1. The first-order valence-electron chi connectivity index (χ1n) is 7.20. The van der Waals surface area contributed by atoms with Gasteiger partial charge in [-0.15, -0.1) is 0 Å². The van der Waals surface area contributed by atoms with Gasteiger partial charge in [0.05, 0.1) is 0 Å². The van der Waals surface area contributed by atoms with E-state index < -0.39 is 0 Å². The van der Waals surface area contributed by atoms with Crippen molar-refractivity contribution in [2.24, 2.45) is 0 Å². The highest BCUT2D eigenvalue weighted by molar-refractivity contribution is 5.76. The minimum atomic E-state index is 0.305. The lowest BCUT2D eigenvalue weighted by Gasteiger charge is -2.23. The Morgan fingerprint density at radius 3 is 2.84 bits per heavy atom. The van der Waals surface area contributed by atoms with Crippen molar-refractivity contribution in [1.82, 2.24) is 10.2 Å². The highest BCUT2D eigenvalue weighted by Crippen LogP contribution is 2.29. The lowest BCUT2D eigenvalue weighted by atomic mass is 10.1. The second kappa shape index (κ2) is 6.71. The molecule has 3 nitrogen and oxygen atoms in total. The maximum Gasteiger partial charge on any atom is 0.223 e. The van der Waals surface area contributed by atoms with E-state index in [1.807, 2.05) is 7.05 Å². The number of amides is 1. The molecule has 1 fully saturated rings. The summed E-state index contributed by atoms with van der Waals surface area (Å²) in [4.78, 5) is 14.4. The van der Waals surface area contributed by atoms with Gasteiger partial charge in [-0.05, 0) is 45.3 Å². The van der Waals surface area contributed by atoms with E-state index in [2.05, 4.69) is 41.4 Å². The van der Waals surface area contributed by atoms with E-state index in [1.165, 1.54) is 24.0 Å². The fourth-order valence-corrected chi connectivity index (χ4v) is 2.37. The summed E-state index contributed by atoms with van der Waals surface area (Å²) in [5.41, 5.74) is 2.50. The van der Waals surface area contributed by atoms with Gasteiger partial charge in [0.2, 0.25) is 5.91 Å². The van der Waals surface area contributed by atoms with Gasteiger partial charge in [-0.25, -0.2) is 0 Å². The monoisotopic (exact) mass is 260 g/mol. The lowest BCUT2D eigenvalue weighted by Crippen LogP contribution is -2.32. The van der Waals surface area contributed by atoms with E-state index in [0.29, 0.717) is 18.4 Å². The van der Waals surface area contributed by atoms with Crippen molar-refractivity contribution < 1.29 is 4.79 Å². The van der Waals surface area contributed by atoms with Crippen LogP contribution >= 0.6 is 0 Å². The zero-order chi connectivity index (χ0) is 13.7. The molecular weight excluding hydrogens is 236 g/mol. The highest BCUT2D eigenvalue weighted by atomic mass is 16.2. The maximum atomic E-state index is 12.3. The number of hydrogen-bond acceptors (Lipinski definition) is 2. The molecule has 2 rings (SSSR count). The molecule has 0 radical (unpaired) electrons. The number of hydrogen-bond donors (Lipinski definition) is 1. The Morgan fingerprint density at radius 1 is 1.42 bits per heavy atom. The number of nitrogens with zero attached hydrogens (tertiary/aromatic N) is 1. The zero-order valence-electron chi connectivity index (χ0n) is 12.0. The molecule has 0 aliphatic heterocycles. The molecule has 1 aromatic carbocycles. The van der Waals surface area contributed by atoms with Crippen molar-refractivity contribution in [3.63, 3.8) is 0 Å². The van der Waals surface area contributed by atoms with E-state index in [0.717, 1.165) is 19.5 Å². The van der Waals surface area contributed by atoms with E-state index in [9.17, 15) is 4.79 Å². The van der Waals surface area contributed by atoms with Crippen LogP contribution in [0.2, 0.25) is 0 Å². The van der Waals surface area contributed by atoms with Gasteiger partial charge in [-0.3, -0.25) is 4.79 Å². The number of aryl methyl sites for hydroxylation is 1. The summed E-state index contributed by atoms with van der Waals surface area (Å²) in [6.07, 6.45) is 3.92. The fourth-order valence-electron chi connectivity index (χ4n) is 2.37. The summed E-state index contributed by atoms with van der Waals surface area (Å²) in [5.74, 6) is 0.305. The zero-order valence-corrected chi connectivity index (χ0v) is 12.0. The van der Waals surface area contributed by atoms with Crippen molar-refractivity contribution >= 4 is 5.91 Å². The first-order valence-corrected chi connectivity index (χ1v) is 7.20. The van der Waals surface area contributed by atoms with Crippen molar-refractivity contribution in [1.29, 1.82) is 0 Å². The van der Waals surface area contributed by atoms with Gasteiger partial charge in [-0.2, -0.15) is 0 Å². The molecule has 1 N–H and O–H groups in total. The number of nitrogens with one attached hydrogen (secondary N) is 1. The second-order valence-corrected chi connectivity index (χ2v) is 5.45. The van der Waals surface area contributed by atoms with Crippen LogP contribution in [0.15, 0.2) is 24.3 Å². The third-order valence-electron chi connectivity index (χ3n) is 3.56. The van der Waals surface area contributed by atoms with Crippen LogP contribution in [0, 0.1) is 6.92 Å². The normalized spacial score (nSPS) is 14.4. The third kappa shape index (κ3) is 4.35. The second-order valence-electron chi connectivity index (χ2n) is 5.45. The summed E-state index contributed by atoms with van der Waals surface area (Å²) < 4.78 is 0. The van der Waals surface area contributed by atoms with Gasteiger partial charge in [0, 0.05) is 19.0 Å². The van der Waals surface area contributed by atoms with Crippen LogP contribution in [-0.4, -0.2) is 30.4 Å². The molecule has 1 aromatic rings. The molecule has 1 aliphatic carbocycles. The SMILES string of the molecule is CNCCCC(=O)N(Cc1cccc(C)c1)C1CC1. The molecule has 0 aromatic heterocycles. The third-order valence-corrected chi connectivity index (χ3v) is 3.56. The predicted molar refractivity (Wildman–Crippen MR) is 77.9 cm³/mol. The molecular formula is C16H24N2O. The number of rotatable bonds is 7. The average molecular weight is 260 g/mol. The Balaban J connectivity index is 1.94. The molecule has 0 bridgehead atoms. The van der Waals surface area contributed by atoms with E-state index in [4.69, 9.17) is 0 Å². The standard InChI is InChI=1S/C16H24N2O/c1-13-5-3-6-14(11-13)12-18(15-8-9-15)16(19)7-4-10-17-2/h3,5-6,11,15,17H,4,7-10,12H2,1-2H3. The summed E-state index contributed by atoms with van der Waals surface area (Å²) >= 11 is 0. The molecule has 19 heavy (non-hydrogen) atoms. The van der Waals surface area contributed by atoms with Crippen molar-refractivity contribution in [3.8, 4) is 0 Å². The molecule has 1 saturated carbocycles. The number of benzene rings is 1. The summed E-state index contributed by atoms with van der Waals surface area (Å²) in [6.45, 7) is 3.78. The fraction of sp³-hybridized carbons (Fsp3) is 0.562. The van der Waals surface area contributed by atoms with Crippen molar-refractivity contribution in [2.75, 3.05) is 13.6 Å². The summed E-state index contributed by atoms with van der Waals surface area (Å²) in [6, 6.07) is 8.95. The van der Waals surface area contributed by atoms with Crippen LogP contribution in [-0.2, 0) is 11.3 Å². The van der Waals surface area contributed by atoms with E-state index in [-0.39, 0.29) is 0 Å². The molecule has 0 unspecified atom stereocenters. The van der Waals surface area contributed by atoms with Crippen LogP contribution in [0.5, 0.6) is 0 Å². The van der Waals surface area contributed by atoms with Gasteiger partial charge < -0.3 is 10.2 Å². The van der Waals surface area contributed by atoms with Gasteiger partial charge in [0.25, 0.3) is 0 Å². The topological polar surface area (TPSA) is 32.3 Å². The van der Waals surface area contributed by atoms with Crippen LogP contribution in [0.4, 0.5) is 0 Å². The first kappa shape index (κ1) is 14.1. The van der Waals surface area contributed by atoms with Gasteiger partial charge in [-0.1, -0.05) is 29.8 Å². The Bertz CT molecular complexity index is 427. The van der Waals surface area contributed by atoms with Crippen molar-refractivity contribution in [2.45, 2.75) is 45.2 Å². The molecule has 0 heterocycles. The molecule has 0 saturated heterocycles. The van der Waals surface area contributed by atoms with Crippen molar-refractivity contribution in [3.05, 3.63) is 35.4 Å². The van der Waals surface area contributed by atoms with Crippen LogP contribution in [0.25, 0.3) is 0 Å². The lowest BCUT2D eigenvalue weighted by molar-refractivity contribution is -0.132. The quantitative estimate of drug-likeness (QED) is 0.764. The van der Waals surface area contributed by atoms with Crippen LogP contribution in [0.3, 0.4) is 0 Å². The Morgan fingerprint density at radius 2 is 2.21 bits per heavy atom. The van der Waals surface area contributed by atoms with Gasteiger partial charge >= 0.3 is 0 Å². The molecule has 104 valence electrons. The Labute approximate surface area is 116 Å². The van der Waals surface area contributed by atoms with E-state index >= 15 is 0 Å². The minimum absolute atomic E-state index is 0.305. The Hall–Kier alpha value is -1.35. The number of carbonyl (C=O) groups is 1. The molecule has 1 aliphatic rings. The molecule has 0 spiro atoms. The predicted octanol–water partition coefficient (Wildman–Crippen LogP) is 2.49. The molecule has 0 atom stereocenters.